The summed E-state index contributed by atoms with van der Waals surface area (Å²) in [5.41, 5.74) is -0.0222. The number of ether oxygens (including phenoxy) is 2. The fourth-order valence-electron chi connectivity index (χ4n) is 4.52. The minimum Gasteiger partial charge on any atom is -0.484 e. The molecule has 2 saturated carbocycles. The zero-order chi connectivity index (χ0) is 23.1. The molecule has 11 heteroatoms. The molecule has 1 aromatic carbocycles. The second kappa shape index (κ2) is 8.70. The van der Waals surface area contributed by atoms with Crippen LogP contribution in [0, 0.1) is 17.2 Å². The maximum absolute atomic E-state index is 13.4. The van der Waals surface area contributed by atoms with Crippen LogP contribution in [0.2, 0.25) is 5.02 Å². The number of amides is 2. The molecule has 1 spiro atoms. The average molecular weight is 479 g/mol. The van der Waals surface area contributed by atoms with Gasteiger partial charge in [-0.15, -0.1) is 0 Å². The zero-order valence-corrected chi connectivity index (χ0v) is 17.8. The molecule has 0 radical (unpaired) electrons. The summed E-state index contributed by atoms with van der Waals surface area (Å²) in [5, 5.41) is 2.82. The lowest BCUT2D eigenvalue weighted by atomic mass is 9.60. The number of hydrogen-bond donors (Lipinski definition) is 1. The summed E-state index contributed by atoms with van der Waals surface area (Å²) >= 11 is 5.60. The first-order chi connectivity index (χ1) is 15.0. The van der Waals surface area contributed by atoms with Crippen LogP contribution in [-0.4, -0.2) is 61.3 Å². The van der Waals surface area contributed by atoms with Crippen LogP contribution in [0.1, 0.15) is 25.7 Å². The Labute approximate surface area is 187 Å². The summed E-state index contributed by atoms with van der Waals surface area (Å²) < 4.78 is 61.4. The molecule has 1 aliphatic heterocycles. The van der Waals surface area contributed by atoms with Gasteiger partial charge in [-0.1, -0.05) is 11.6 Å². The first-order valence-corrected chi connectivity index (χ1v) is 10.7. The predicted octanol–water partition coefficient (Wildman–Crippen LogP) is 3.32. The molecule has 0 atom stereocenters. The Bertz CT molecular complexity index is 877. The van der Waals surface area contributed by atoms with Crippen LogP contribution >= 0.6 is 11.6 Å². The molecule has 1 heterocycles. The van der Waals surface area contributed by atoms with Crippen molar-refractivity contribution in [3.8, 4) is 5.75 Å². The van der Waals surface area contributed by atoms with Gasteiger partial charge in [0.25, 0.3) is 5.91 Å². The molecule has 176 valence electrons. The third-order valence-electron chi connectivity index (χ3n) is 6.39. The molecular weight excluding hydrogens is 456 g/mol. The van der Waals surface area contributed by atoms with E-state index in [0.717, 1.165) is 18.9 Å². The van der Waals surface area contributed by atoms with E-state index in [1.165, 1.54) is 12.1 Å². The van der Waals surface area contributed by atoms with E-state index in [4.69, 9.17) is 21.1 Å². The fraction of sp³-hybridized carbons (Fsp3) is 0.619. The zero-order valence-electron chi connectivity index (χ0n) is 17.1. The highest BCUT2D eigenvalue weighted by Gasteiger charge is 2.54. The van der Waals surface area contributed by atoms with Crippen molar-refractivity contribution in [3.05, 3.63) is 29.0 Å². The van der Waals surface area contributed by atoms with E-state index in [2.05, 4.69) is 5.32 Å². The van der Waals surface area contributed by atoms with Gasteiger partial charge in [-0.3, -0.25) is 9.59 Å². The number of hydrogen-bond acceptors (Lipinski definition) is 4. The van der Waals surface area contributed by atoms with Gasteiger partial charge < -0.3 is 19.7 Å². The molecule has 1 aromatic rings. The van der Waals surface area contributed by atoms with Crippen LogP contribution in [-0.2, 0) is 14.3 Å². The number of halogens is 5. The maximum atomic E-state index is 13.4. The molecule has 2 amide bonds. The van der Waals surface area contributed by atoms with Gasteiger partial charge in [0.15, 0.2) is 6.61 Å². The normalized spacial score (nSPS) is 24.3. The van der Waals surface area contributed by atoms with Gasteiger partial charge >= 0.3 is 6.18 Å². The largest absolute Gasteiger partial charge is 0.484 e. The molecule has 0 aromatic heterocycles. The second-order valence-electron chi connectivity index (χ2n) is 8.93. The predicted molar refractivity (Wildman–Crippen MR) is 106 cm³/mol. The number of likely N-dealkylation sites (tertiary alicyclic amines) is 1. The van der Waals surface area contributed by atoms with Crippen LogP contribution in [0.5, 0.6) is 5.75 Å². The summed E-state index contributed by atoms with van der Waals surface area (Å²) in [7, 11) is 0. The number of benzene rings is 1. The SMILES string of the molecule is O=C(COc1ccc(Cl)c(F)c1)NC1CC2(C1)CN(C(=O)CO[C@H]1C[C@@H](C(F)(F)F)C1)C2. The van der Waals surface area contributed by atoms with Crippen LogP contribution in [0.15, 0.2) is 18.2 Å². The monoisotopic (exact) mass is 478 g/mol. The lowest BCUT2D eigenvalue weighted by Crippen LogP contribution is -2.68. The molecule has 3 fully saturated rings. The number of nitrogens with zero attached hydrogens (tertiary/aromatic N) is 1. The Balaban J connectivity index is 1.08. The summed E-state index contributed by atoms with van der Waals surface area (Å²) in [6, 6.07) is 3.91. The van der Waals surface area contributed by atoms with Crippen molar-refractivity contribution in [2.24, 2.45) is 11.3 Å². The Kier molecular flexibility index (Phi) is 6.28. The topological polar surface area (TPSA) is 67.9 Å². The highest BCUT2D eigenvalue weighted by Crippen LogP contribution is 2.48. The van der Waals surface area contributed by atoms with Crippen molar-refractivity contribution in [3.63, 3.8) is 0 Å². The average Bonchev–Trinajstić information content (AvgIpc) is 2.60. The van der Waals surface area contributed by atoms with E-state index in [9.17, 15) is 27.2 Å². The van der Waals surface area contributed by atoms with Crippen molar-refractivity contribution in [2.45, 2.75) is 44.0 Å². The van der Waals surface area contributed by atoms with Gasteiger partial charge in [-0.2, -0.15) is 13.2 Å². The van der Waals surface area contributed by atoms with Crippen LogP contribution in [0.25, 0.3) is 0 Å². The van der Waals surface area contributed by atoms with Crippen molar-refractivity contribution in [1.29, 1.82) is 0 Å². The summed E-state index contributed by atoms with van der Waals surface area (Å²) in [6.45, 7) is 0.660. The number of carbonyl (C=O) groups is 2. The van der Waals surface area contributed by atoms with Crippen molar-refractivity contribution >= 4 is 23.4 Å². The van der Waals surface area contributed by atoms with Crippen molar-refractivity contribution in [1.82, 2.24) is 10.2 Å². The van der Waals surface area contributed by atoms with Gasteiger partial charge in [0.1, 0.15) is 18.2 Å². The van der Waals surface area contributed by atoms with Crippen LogP contribution in [0.4, 0.5) is 17.6 Å². The molecule has 2 aliphatic carbocycles. The summed E-state index contributed by atoms with van der Waals surface area (Å²) in [5.74, 6) is -2.29. The first kappa shape index (κ1) is 23.1. The van der Waals surface area contributed by atoms with Crippen LogP contribution < -0.4 is 10.1 Å². The third-order valence-corrected chi connectivity index (χ3v) is 6.70. The molecular formula is C21H23ClF4N2O4. The van der Waals surface area contributed by atoms with Crippen molar-refractivity contribution < 1.29 is 36.6 Å². The number of rotatable bonds is 7. The lowest BCUT2D eigenvalue weighted by Gasteiger charge is -2.59. The second-order valence-corrected chi connectivity index (χ2v) is 9.34. The maximum Gasteiger partial charge on any atom is 0.392 e. The van der Waals surface area contributed by atoms with E-state index in [1.54, 1.807) is 4.90 Å². The van der Waals surface area contributed by atoms with Gasteiger partial charge in [-0.25, -0.2) is 4.39 Å². The Morgan fingerprint density at radius 2 is 1.88 bits per heavy atom. The van der Waals surface area contributed by atoms with Crippen LogP contribution in [0.3, 0.4) is 0 Å². The minimum absolute atomic E-state index is 0.0177. The molecule has 1 saturated heterocycles. The van der Waals surface area contributed by atoms with Gasteiger partial charge in [0.2, 0.25) is 5.91 Å². The van der Waals surface area contributed by atoms with E-state index in [0.29, 0.717) is 13.1 Å². The quantitative estimate of drug-likeness (QED) is 0.611. The van der Waals surface area contributed by atoms with Gasteiger partial charge in [0.05, 0.1) is 17.0 Å². The molecule has 1 N–H and O–H groups in total. The molecule has 0 bridgehead atoms. The lowest BCUT2D eigenvalue weighted by molar-refractivity contribution is -0.220. The Morgan fingerprint density at radius 3 is 2.50 bits per heavy atom. The van der Waals surface area contributed by atoms with E-state index in [1.807, 2.05) is 0 Å². The van der Waals surface area contributed by atoms with Crippen molar-refractivity contribution in [2.75, 3.05) is 26.3 Å². The van der Waals surface area contributed by atoms with E-state index >= 15 is 0 Å². The minimum atomic E-state index is -4.19. The third kappa shape index (κ3) is 5.11. The Hall–Kier alpha value is -2.07. The van der Waals surface area contributed by atoms with Gasteiger partial charge in [0, 0.05) is 30.6 Å². The summed E-state index contributed by atoms with van der Waals surface area (Å²) in [6.07, 6.45) is -3.40. The molecule has 6 nitrogen and oxygen atoms in total. The molecule has 4 rings (SSSR count). The van der Waals surface area contributed by atoms with E-state index in [-0.39, 0.29) is 60.1 Å². The molecule has 3 aliphatic rings. The van der Waals surface area contributed by atoms with E-state index < -0.39 is 24.0 Å². The first-order valence-electron chi connectivity index (χ1n) is 10.4. The highest BCUT2D eigenvalue weighted by atomic mass is 35.5. The number of nitrogens with one attached hydrogen (secondary N) is 1. The van der Waals surface area contributed by atoms with Gasteiger partial charge in [-0.05, 0) is 37.8 Å². The molecule has 0 unspecified atom stereocenters. The highest BCUT2D eigenvalue weighted by molar-refractivity contribution is 6.30. The number of alkyl halides is 3. The standard InChI is InChI=1S/C21H23ClF4N2O4/c22-16-2-1-14(5-17(16)23)31-8-18(29)27-13-6-20(7-13)10-28(11-20)19(30)9-32-15-3-12(4-15)21(24,25)26/h1-2,5,12-13,15H,3-4,6-11H2,(H,27,29)/t12-,15+. The smallest absolute Gasteiger partial charge is 0.392 e. The number of carbonyl (C=O) groups excluding carboxylic acids is 2. The Morgan fingerprint density at radius 1 is 1.19 bits per heavy atom. The molecule has 32 heavy (non-hydrogen) atoms. The fourth-order valence-corrected chi connectivity index (χ4v) is 4.64. The summed E-state index contributed by atoms with van der Waals surface area (Å²) in [4.78, 5) is 25.8.